The summed E-state index contributed by atoms with van der Waals surface area (Å²) in [6, 6.07) is 6.82. The van der Waals surface area contributed by atoms with Crippen molar-refractivity contribution in [3.8, 4) is 0 Å². The Kier molecular flexibility index (Phi) is 7.00. The fourth-order valence-corrected chi connectivity index (χ4v) is 4.32. The van der Waals surface area contributed by atoms with Crippen LogP contribution in [0.1, 0.15) is 51.0 Å². The van der Waals surface area contributed by atoms with E-state index >= 15 is 0 Å². The van der Waals surface area contributed by atoms with Gasteiger partial charge in [-0.05, 0) is 50.1 Å². The summed E-state index contributed by atoms with van der Waals surface area (Å²) in [6.07, 6.45) is 7.35. The van der Waals surface area contributed by atoms with Crippen molar-refractivity contribution in [3.63, 3.8) is 0 Å². The van der Waals surface area contributed by atoms with E-state index < -0.39 is 0 Å². The molecule has 2 amide bonds. The topological polar surface area (TPSA) is 38.8 Å². The van der Waals surface area contributed by atoms with Crippen molar-refractivity contribution in [1.29, 1.82) is 0 Å². The Morgan fingerprint density at radius 2 is 1.78 bits per heavy atom. The van der Waals surface area contributed by atoms with Crippen molar-refractivity contribution in [1.82, 2.24) is 9.80 Å². The minimum absolute atomic E-state index is 0.0225. The van der Waals surface area contributed by atoms with Crippen molar-refractivity contribution < 1.29 is 4.79 Å². The normalized spacial score (nSPS) is 19.6. The summed E-state index contributed by atoms with van der Waals surface area (Å²) in [6.45, 7) is 9.84. The first-order valence-electron chi connectivity index (χ1n) is 10.7. The molecule has 0 bridgehead atoms. The first kappa shape index (κ1) is 20.0. The minimum atomic E-state index is 0.0225. The van der Waals surface area contributed by atoms with Gasteiger partial charge in [0.25, 0.3) is 0 Å². The van der Waals surface area contributed by atoms with E-state index in [1.165, 1.54) is 31.4 Å². The molecule has 5 nitrogen and oxygen atoms in total. The van der Waals surface area contributed by atoms with E-state index in [4.69, 9.17) is 0 Å². The van der Waals surface area contributed by atoms with E-state index in [9.17, 15) is 4.79 Å². The number of carbonyl (C=O) groups is 1. The summed E-state index contributed by atoms with van der Waals surface area (Å²) in [5.41, 5.74) is 3.32. The lowest BCUT2D eigenvalue weighted by molar-refractivity contribution is 0.197. The van der Waals surface area contributed by atoms with Crippen molar-refractivity contribution in [3.05, 3.63) is 23.8 Å². The van der Waals surface area contributed by atoms with Gasteiger partial charge in [-0.3, -0.25) is 0 Å². The lowest BCUT2D eigenvalue weighted by Crippen LogP contribution is -2.46. The average Bonchev–Trinajstić information content (AvgIpc) is 2.98. The van der Waals surface area contributed by atoms with Gasteiger partial charge in [-0.2, -0.15) is 0 Å². The smallest absolute Gasteiger partial charge is 0.321 e. The second-order valence-corrected chi connectivity index (χ2v) is 8.11. The predicted molar refractivity (Wildman–Crippen MR) is 114 cm³/mol. The van der Waals surface area contributed by atoms with Gasteiger partial charge in [0, 0.05) is 50.6 Å². The molecule has 2 fully saturated rings. The lowest BCUT2D eigenvalue weighted by Gasteiger charge is -2.35. The van der Waals surface area contributed by atoms with Gasteiger partial charge in [0.05, 0.1) is 0 Å². The third-order valence-corrected chi connectivity index (χ3v) is 6.33. The van der Waals surface area contributed by atoms with E-state index in [0.29, 0.717) is 6.04 Å². The number of likely N-dealkylation sites (N-methyl/N-ethyl adjacent to an activating group) is 1. The Morgan fingerprint density at radius 1 is 1.11 bits per heavy atom. The number of nitrogens with zero attached hydrogens (tertiary/aromatic N) is 3. The second kappa shape index (κ2) is 9.45. The quantitative estimate of drug-likeness (QED) is 0.800. The highest BCUT2D eigenvalue weighted by Crippen LogP contribution is 2.25. The molecule has 1 aromatic carbocycles. The number of benzene rings is 1. The monoisotopic (exact) mass is 372 g/mol. The maximum atomic E-state index is 12.7. The van der Waals surface area contributed by atoms with Crippen LogP contribution in [0.15, 0.2) is 18.2 Å². The molecule has 1 aliphatic carbocycles. The predicted octanol–water partition coefficient (Wildman–Crippen LogP) is 4.32. The van der Waals surface area contributed by atoms with Crippen LogP contribution >= 0.6 is 0 Å². The summed E-state index contributed by atoms with van der Waals surface area (Å²) < 4.78 is 0. The second-order valence-electron chi connectivity index (χ2n) is 8.11. The maximum Gasteiger partial charge on any atom is 0.321 e. The summed E-state index contributed by atoms with van der Waals surface area (Å²) in [5, 5.41) is 3.13. The highest BCUT2D eigenvalue weighted by atomic mass is 16.2. The van der Waals surface area contributed by atoms with Crippen LogP contribution in [0.25, 0.3) is 0 Å². The van der Waals surface area contributed by atoms with Gasteiger partial charge < -0.3 is 20.0 Å². The zero-order chi connectivity index (χ0) is 19.2. The third kappa shape index (κ3) is 5.16. The fraction of sp³-hybridized carbons (Fsp3) is 0.682. The van der Waals surface area contributed by atoms with E-state index in [2.05, 4.69) is 47.2 Å². The van der Waals surface area contributed by atoms with E-state index in [1.807, 2.05) is 11.9 Å². The number of anilines is 2. The van der Waals surface area contributed by atoms with Gasteiger partial charge in [-0.25, -0.2) is 4.79 Å². The summed E-state index contributed by atoms with van der Waals surface area (Å²) in [4.78, 5) is 19.6. The minimum Gasteiger partial charge on any atom is -0.369 e. The van der Waals surface area contributed by atoms with Crippen molar-refractivity contribution in [2.24, 2.45) is 0 Å². The van der Waals surface area contributed by atoms with Crippen LogP contribution in [-0.2, 0) is 0 Å². The maximum absolute atomic E-state index is 12.7. The molecule has 5 heteroatoms. The van der Waals surface area contributed by atoms with Crippen LogP contribution in [0.2, 0.25) is 0 Å². The first-order valence-corrected chi connectivity index (χ1v) is 10.7. The van der Waals surface area contributed by atoms with Gasteiger partial charge in [0.1, 0.15) is 0 Å². The van der Waals surface area contributed by atoms with E-state index in [1.54, 1.807) is 0 Å². The molecular weight excluding hydrogens is 336 g/mol. The van der Waals surface area contributed by atoms with Crippen molar-refractivity contribution in [2.75, 3.05) is 50.0 Å². The molecule has 1 saturated carbocycles. The Bertz CT molecular complexity index is 617. The molecule has 0 atom stereocenters. The van der Waals surface area contributed by atoms with Crippen molar-refractivity contribution >= 4 is 17.4 Å². The van der Waals surface area contributed by atoms with Crippen LogP contribution in [-0.4, -0.2) is 61.6 Å². The molecule has 1 saturated heterocycles. The number of hydrogen-bond acceptors (Lipinski definition) is 3. The zero-order valence-corrected chi connectivity index (χ0v) is 17.3. The molecule has 1 N–H and O–H groups in total. The summed E-state index contributed by atoms with van der Waals surface area (Å²) >= 11 is 0. The average molecular weight is 373 g/mol. The lowest BCUT2D eigenvalue weighted by atomic mass is 10.1. The van der Waals surface area contributed by atoms with Crippen molar-refractivity contribution in [2.45, 2.75) is 58.4 Å². The number of nitrogens with one attached hydrogen (secondary N) is 1. The largest absolute Gasteiger partial charge is 0.369 e. The number of hydrogen-bond donors (Lipinski definition) is 1. The number of rotatable bonds is 4. The highest BCUT2D eigenvalue weighted by Gasteiger charge is 2.22. The van der Waals surface area contributed by atoms with Gasteiger partial charge in [0.2, 0.25) is 0 Å². The van der Waals surface area contributed by atoms with Gasteiger partial charge in [-0.15, -0.1) is 0 Å². The molecule has 2 aliphatic rings. The van der Waals surface area contributed by atoms with Crippen LogP contribution in [0.3, 0.4) is 0 Å². The zero-order valence-electron chi connectivity index (χ0n) is 17.3. The molecule has 0 spiro atoms. The molecule has 3 rings (SSSR count). The number of urea groups is 1. The Balaban J connectivity index is 1.59. The molecule has 1 aliphatic heterocycles. The number of carbonyl (C=O) groups excluding carboxylic acids is 1. The molecule has 0 radical (unpaired) electrons. The van der Waals surface area contributed by atoms with Crippen LogP contribution in [0.4, 0.5) is 16.2 Å². The standard InChI is InChI=1S/C22H36N4O/c1-4-25-13-15-26(16-14-25)20-11-12-21(18(2)17-20)23-22(27)24(3)19-9-7-5-6-8-10-19/h11-12,17,19H,4-10,13-16H2,1-3H3,(H,23,27). The van der Waals surface area contributed by atoms with E-state index in [0.717, 1.165) is 56.8 Å². The first-order chi connectivity index (χ1) is 13.1. The van der Waals surface area contributed by atoms with Crippen LogP contribution < -0.4 is 10.2 Å². The molecule has 150 valence electrons. The molecule has 1 aromatic rings. The molecule has 27 heavy (non-hydrogen) atoms. The Hall–Kier alpha value is -1.75. The Labute approximate surface area is 164 Å². The van der Waals surface area contributed by atoms with Crippen LogP contribution in [0.5, 0.6) is 0 Å². The SMILES string of the molecule is CCN1CCN(c2ccc(NC(=O)N(C)C3CCCCCC3)c(C)c2)CC1. The molecule has 1 heterocycles. The van der Waals surface area contributed by atoms with Crippen LogP contribution in [0, 0.1) is 6.92 Å². The Morgan fingerprint density at radius 3 is 2.37 bits per heavy atom. The van der Waals surface area contributed by atoms with Gasteiger partial charge in [-0.1, -0.05) is 32.6 Å². The number of amides is 2. The number of piperazine rings is 1. The summed E-state index contributed by atoms with van der Waals surface area (Å²) in [5.74, 6) is 0. The summed E-state index contributed by atoms with van der Waals surface area (Å²) in [7, 11) is 1.95. The molecule has 0 aromatic heterocycles. The molecule has 0 unspecified atom stereocenters. The van der Waals surface area contributed by atoms with Gasteiger partial charge in [0.15, 0.2) is 0 Å². The van der Waals surface area contributed by atoms with Gasteiger partial charge >= 0.3 is 6.03 Å². The highest BCUT2D eigenvalue weighted by molar-refractivity contribution is 5.90. The third-order valence-electron chi connectivity index (χ3n) is 6.33. The number of aryl methyl sites for hydroxylation is 1. The van der Waals surface area contributed by atoms with E-state index in [-0.39, 0.29) is 6.03 Å². The fourth-order valence-electron chi connectivity index (χ4n) is 4.32. The molecular formula is C22H36N4O.